The molecule has 0 aliphatic heterocycles. The molecule has 0 atom stereocenters. The van der Waals surface area contributed by atoms with Crippen molar-refractivity contribution in [3.05, 3.63) is 0 Å². The van der Waals surface area contributed by atoms with Crippen molar-refractivity contribution in [1.29, 1.82) is 0 Å². The summed E-state index contributed by atoms with van der Waals surface area (Å²) in [5.74, 6) is 0. The lowest BCUT2D eigenvalue weighted by Gasteiger charge is -2.02. The van der Waals surface area contributed by atoms with Gasteiger partial charge in [0.2, 0.25) is 0 Å². The molecule has 0 amide bonds. The smallest absolute Gasteiger partial charge is 0.380 e. The standard InChI is InChI=1S/C4H11O2Si/c1-4-6-7(3)5-2/h4H2,1-3H3. The van der Waals surface area contributed by atoms with Crippen molar-refractivity contribution in [2.24, 2.45) is 0 Å². The zero-order valence-electron chi connectivity index (χ0n) is 5.02. The normalized spacial score (nSPS) is 10.3. The first-order valence-corrected chi connectivity index (χ1v) is 4.13. The predicted octanol–water partition coefficient (Wildman–Crippen LogP) is 0.787. The van der Waals surface area contributed by atoms with E-state index in [2.05, 4.69) is 0 Å². The van der Waals surface area contributed by atoms with E-state index in [-0.39, 0.29) is 0 Å². The predicted molar refractivity (Wildman–Crippen MR) is 30.3 cm³/mol. The van der Waals surface area contributed by atoms with E-state index in [0.29, 0.717) is 0 Å². The van der Waals surface area contributed by atoms with Crippen LogP contribution >= 0.6 is 0 Å². The lowest BCUT2D eigenvalue weighted by molar-refractivity contribution is 0.247. The van der Waals surface area contributed by atoms with Crippen molar-refractivity contribution >= 4 is 9.28 Å². The van der Waals surface area contributed by atoms with E-state index in [1.54, 1.807) is 7.11 Å². The van der Waals surface area contributed by atoms with Crippen LogP contribution in [0.1, 0.15) is 6.92 Å². The quantitative estimate of drug-likeness (QED) is 0.511. The van der Waals surface area contributed by atoms with Crippen LogP contribution in [0.15, 0.2) is 0 Å². The molecule has 3 heteroatoms. The molecule has 0 aromatic rings. The summed E-state index contributed by atoms with van der Waals surface area (Å²) in [7, 11) is 0.791. The zero-order chi connectivity index (χ0) is 5.70. The fourth-order valence-corrected chi connectivity index (χ4v) is 0.787. The third kappa shape index (κ3) is 3.98. The molecular weight excluding hydrogens is 108 g/mol. The van der Waals surface area contributed by atoms with Crippen molar-refractivity contribution in [3.8, 4) is 0 Å². The SMILES string of the molecule is CCO[Si](C)OC. The summed E-state index contributed by atoms with van der Waals surface area (Å²) in [4.78, 5) is 0. The van der Waals surface area contributed by atoms with Gasteiger partial charge in [-0.15, -0.1) is 0 Å². The summed E-state index contributed by atoms with van der Waals surface area (Å²) in [5.41, 5.74) is 0. The van der Waals surface area contributed by atoms with Gasteiger partial charge in [-0.2, -0.15) is 0 Å². The Hall–Kier alpha value is 0.137. The summed E-state index contributed by atoms with van der Waals surface area (Å²) in [6.07, 6.45) is 0. The molecule has 2 nitrogen and oxygen atoms in total. The summed E-state index contributed by atoms with van der Waals surface area (Å²) in [5, 5.41) is 0. The minimum Gasteiger partial charge on any atom is -0.397 e. The minimum atomic E-state index is -0.880. The molecule has 0 aromatic heterocycles. The van der Waals surface area contributed by atoms with E-state index in [9.17, 15) is 0 Å². The molecule has 1 radical (unpaired) electrons. The van der Waals surface area contributed by atoms with Gasteiger partial charge in [0, 0.05) is 13.7 Å². The molecule has 0 rings (SSSR count). The van der Waals surface area contributed by atoms with E-state index < -0.39 is 9.28 Å². The van der Waals surface area contributed by atoms with E-state index in [4.69, 9.17) is 8.85 Å². The summed E-state index contributed by atoms with van der Waals surface area (Å²) < 4.78 is 9.94. The average molecular weight is 119 g/mol. The number of hydrogen-bond acceptors (Lipinski definition) is 2. The highest BCUT2D eigenvalue weighted by molar-refractivity contribution is 6.42. The van der Waals surface area contributed by atoms with Crippen molar-refractivity contribution in [2.45, 2.75) is 13.5 Å². The molecule has 0 fully saturated rings. The number of hydrogen-bond donors (Lipinski definition) is 0. The van der Waals surface area contributed by atoms with Gasteiger partial charge in [0.15, 0.2) is 0 Å². The molecule has 0 saturated carbocycles. The Kier molecular flexibility index (Phi) is 4.38. The van der Waals surface area contributed by atoms with Crippen LogP contribution in [0.2, 0.25) is 6.55 Å². The Morgan fingerprint density at radius 3 is 2.29 bits per heavy atom. The van der Waals surface area contributed by atoms with E-state index in [0.717, 1.165) is 6.61 Å². The lowest BCUT2D eigenvalue weighted by atomic mass is 10.9. The fraction of sp³-hybridized carbons (Fsp3) is 1.00. The molecule has 0 N–H and O–H groups in total. The van der Waals surface area contributed by atoms with E-state index in [1.807, 2.05) is 13.5 Å². The van der Waals surface area contributed by atoms with Gasteiger partial charge in [0.25, 0.3) is 0 Å². The highest BCUT2D eigenvalue weighted by Crippen LogP contribution is 1.82. The van der Waals surface area contributed by atoms with Crippen LogP contribution in [-0.2, 0) is 8.85 Å². The first-order chi connectivity index (χ1) is 3.31. The summed E-state index contributed by atoms with van der Waals surface area (Å²) in [6, 6.07) is 0. The molecule has 0 unspecified atom stereocenters. The van der Waals surface area contributed by atoms with Gasteiger partial charge in [-0.05, 0) is 13.5 Å². The van der Waals surface area contributed by atoms with Crippen molar-refractivity contribution < 1.29 is 8.85 Å². The molecule has 0 aliphatic carbocycles. The van der Waals surface area contributed by atoms with E-state index >= 15 is 0 Å². The maximum absolute atomic E-state index is 5.07. The molecule has 0 heterocycles. The van der Waals surface area contributed by atoms with Crippen LogP contribution in [0.5, 0.6) is 0 Å². The van der Waals surface area contributed by atoms with Crippen molar-refractivity contribution in [3.63, 3.8) is 0 Å². The van der Waals surface area contributed by atoms with Crippen LogP contribution in [0.3, 0.4) is 0 Å². The highest BCUT2D eigenvalue weighted by atomic mass is 28.3. The Morgan fingerprint density at radius 1 is 1.57 bits per heavy atom. The van der Waals surface area contributed by atoms with Gasteiger partial charge >= 0.3 is 9.28 Å². The molecular formula is C4H11O2Si. The van der Waals surface area contributed by atoms with Crippen LogP contribution in [0.25, 0.3) is 0 Å². The fourth-order valence-electron chi connectivity index (χ4n) is 0.262. The van der Waals surface area contributed by atoms with Gasteiger partial charge in [-0.25, -0.2) is 0 Å². The Labute approximate surface area is 46.3 Å². The van der Waals surface area contributed by atoms with Gasteiger partial charge in [0.1, 0.15) is 0 Å². The first kappa shape index (κ1) is 7.14. The second-order valence-corrected chi connectivity index (χ2v) is 2.81. The molecule has 7 heavy (non-hydrogen) atoms. The highest BCUT2D eigenvalue weighted by Gasteiger charge is 2.00. The third-order valence-corrected chi connectivity index (χ3v) is 1.91. The largest absolute Gasteiger partial charge is 0.397 e. The average Bonchev–Trinajstić information content (AvgIpc) is 1.68. The van der Waals surface area contributed by atoms with Gasteiger partial charge in [0.05, 0.1) is 0 Å². The summed E-state index contributed by atoms with van der Waals surface area (Å²) >= 11 is 0. The Balaban J connectivity index is 2.83. The van der Waals surface area contributed by atoms with Crippen LogP contribution in [-0.4, -0.2) is 23.0 Å². The van der Waals surface area contributed by atoms with Gasteiger partial charge in [-0.1, -0.05) is 0 Å². The molecule has 0 spiro atoms. The topological polar surface area (TPSA) is 18.5 Å². The van der Waals surface area contributed by atoms with Crippen LogP contribution < -0.4 is 0 Å². The van der Waals surface area contributed by atoms with Gasteiger partial charge < -0.3 is 8.85 Å². The summed E-state index contributed by atoms with van der Waals surface area (Å²) in [6.45, 7) is 4.69. The monoisotopic (exact) mass is 119 g/mol. The maximum Gasteiger partial charge on any atom is 0.380 e. The minimum absolute atomic E-state index is 0.763. The lowest BCUT2D eigenvalue weighted by Crippen LogP contribution is -2.15. The molecule has 0 bridgehead atoms. The Morgan fingerprint density at radius 2 is 2.14 bits per heavy atom. The maximum atomic E-state index is 5.07. The van der Waals surface area contributed by atoms with Crippen molar-refractivity contribution in [1.82, 2.24) is 0 Å². The van der Waals surface area contributed by atoms with Gasteiger partial charge in [-0.3, -0.25) is 0 Å². The second kappa shape index (κ2) is 4.30. The first-order valence-electron chi connectivity index (χ1n) is 2.31. The Bertz CT molecular complexity index is 40.7. The second-order valence-electron chi connectivity index (χ2n) is 1.13. The van der Waals surface area contributed by atoms with Crippen molar-refractivity contribution in [2.75, 3.05) is 13.7 Å². The molecule has 0 saturated heterocycles. The molecule has 0 aromatic carbocycles. The zero-order valence-corrected chi connectivity index (χ0v) is 6.02. The molecule has 43 valence electrons. The van der Waals surface area contributed by atoms with E-state index in [1.165, 1.54) is 0 Å². The number of rotatable bonds is 3. The van der Waals surface area contributed by atoms with Crippen LogP contribution in [0, 0.1) is 0 Å². The molecule has 0 aliphatic rings. The van der Waals surface area contributed by atoms with Crippen LogP contribution in [0.4, 0.5) is 0 Å². The third-order valence-electron chi connectivity index (χ3n) is 0.635.